The van der Waals surface area contributed by atoms with Crippen molar-refractivity contribution in [2.45, 2.75) is 26.4 Å². The number of benzene rings is 2. The summed E-state index contributed by atoms with van der Waals surface area (Å²) in [7, 11) is 0. The van der Waals surface area contributed by atoms with Gasteiger partial charge in [-0.05, 0) is 31.5 Å². The monoisotopic (exact) mass is 372 g/mol. The fourth-order valence-electron chi connectivity index (χ4n) is 3.56. The van der Waals surface area contributed by atoms with E-state index in [0.29, 0.717) is 5.56 Å². The molecule has 0 radical (unpaired) electrons. The maximum atomic E-state index is 12.9. The van der Waals surface area contributed by atoms with Gasteiger partial charge in [-0.25, -0.2) is 0 Å². The second-order valence-electron chi connectivity index (χ2n) is 6.84. The van der Waals surface area contributed by atoms with E-state index >= 15 is 0 Å². The first-order chi connectivity index (χ1) is 13.5. The summed E-state index contributed by atoms with van der Waals surface area (Å²) in [5.41, 5.74) is 3.79. The largest absolute Gasteiger partial charge is 0.454 e. The first-order valence-electron chi connectivity index (χ1n) is 9.18. The van der Waals surface area contributed by atoms with Gasteiger partial charge in [-0.2, -0.15) is 0 Å². The molecule has 0 aliphatic heterocycles. The number of nitrogens with one attached hydrogen (secondary N) is 1. The molecule has 0 bridgehead atoms. The molecule has 1 N–H and O–H groups in total. The second-order valence-corrected chi connectivity index (χ2v) is 6.84. The molecule has 5 heteroatoms. The highest BCUT2D eigenvalue weighted by atomic mass is 16.5. The van der Waals surface area contributed by atoms with Gasteiger partial charge in [0.25, 0.3) is 0 Å². The normalized spacial score (nSPS) is 12.2. The first-order valence-corrected chi connectivity index (χ1v) is 9.18. The molecule has 1 atom stereocenters. The Hall–Kier alpha value is -3.47. The second kappa shape index (κ2) is 7.27. The van der Waals surface area contributed by atoms with E-state index in [1.807, 2.05) is 61.5 Å². The van der Waals surface area contributed by atoms with Gasteiger partial charge < -0.3 is 9.72 Å². The summed E-state index contributed by atoms with van der Waals surface area (Å²) in [4.78, 5) is 33.0. The summed E-state index contributed by atoms with van der Waals surface area (Å²) in [6, 6.07) is 17.1. The molecule has 0 aliphatic carbocycles. The Bertz CT molecular complexity index is 1190. The highest BCUT2D eigenvalue weighted by Crippen LogP contribution is 2.24. The molecule has 1 unspecified atom stereocenters. The van der Waals surface area contributed by atoms with Gasteiger partial charge in [0, 0.05) is 33.7 Å². The number of carbonyl (C=O) groups excluding carboxylic acids is 2. The molecule has 0 spiro atoms. The summed E-state index contributed by atoms with van der Waals surface area (Å²) in [5, 5.41) is 1.80. The average Bonchev–Trinajstić information content (AvgIpc) is 3.03. The number of rotatable bonds is 5. The van der Waals surface area contributed by atoms with Crippen molar-refractivity contribution in [2.75, 3.05) is 0 Å². The van der Waals surface area contributed by atoms with E-state index in [9.17, 15) is 9.59 Å². The molecule has 0 amide bonds. The third-order valence-corrected chi connectivity index (χ3v) is 4.87. The van der Waals surface area contributed by atoms with E-state index in [4.69, 9.17) is 4.74 Å². The van der Waals surface area contributed by atoms with Gasteiger partial charge in [0.2, 0.25) is 5.78 Å². The van der Waals surface area contributed by atoms with Gasteiger partial charge in [-0.3, -0.25) is 14.6 Å². The first kappa shape index (κ1) is 17.9. The van der Waals surface area contributed by atoms with Crippen molar-refractivity contribution >= 4 is 33.6 Å². The van der Waals surface area contributed by atoms with Crippen molar-refractivity contribution in [3.8, 4) is 0 Å². The number of para-hydroxylation sites is 2. The fourth-order valence-corrected chi connectivity index (χ4v) is 3.56. The Morgan fingerprint density at radius 1 is 1.07 bits per heavy atom. The number of nitrogens with zero attached hydrogens (tertiary/aromatic N) is 1. The number of ketones is 1. The molecule has 0 aliphatic rings. The Labute approximate surface area is 162 Å². The van der Waals surface area contributed by atoms with Crippen LogP contribution in [0.3, 0.4) is 0 Å². The van der Waals surface area contributed by atoms with Crippen LogP contribution in [0.5, 0.6) is 0 Å². The number of hydrogen-bond acceptors (Lipinski definition) is 4. The topological polar surface area (TPSA) is 72.1 Å². The number of esters is 1. The van der Waals surface area contributed by atoms with Crippen LogP contribution in [0.25, 0.3) is 21.8 Å². The fraction of sp³-hybridized carbons (Fsp3) is 0.174. The summed E-state index contributed by atoms with van der Waals surface area (Å²) < 4.78 is 5.46. The molecule has 4 aromatic rings. The zero-order chi connectivity index (χ0) is 19.7. The number of Topliss-reactive ketones (excluding diaryl/α,β-unsaturated/α-hetero) is 1. The number of carbonyl (C=O) groups is 2. The van der Waals surface area contributed by atoms with Gasteiger partial charge in [-0.15, -0.1) is 0 Å². The Balaban J connectivity index is 1.52. The molecule has 4 rings (SSSR count). The van der Waals surface area contributed by atoms with Crippen molar-refractivity contribution in [1.29, 1.82) is 0 Å². The van der Waals surface area contributed by atoms with Crippen molar-refractivity contribution in [1.82, 2.24) is 9.97 Å². The van der Waals surface area contributed by atoms with E-state index in [0.717, 1.165) is 33.1 Å². The van der Waals surface area contributed by atoms with E-state index < -0.39 is 12.1 Å². The lowest BCUT2D eigenvalue weighted by molar-refractivity contribution is -0.145. The molecule has 2 heterocycles. The Kier molecular flexibility index (Phi) is 4.65. The lowest BCUT2D eigenvalue weighted by atomic mass is 10.0. The van der Waals surface area contributed by atoms with E-state index in [2.05, 4.69) is 9.97 Å². The predicted molar refractivity (Wildman–Crippen MR) is 108 cm³/mol. The zero-order valence-electron chi connectivity index (χ0n) is 15.7. The average molecular weight is 372 g/mol. The van der Waals surface area contributed by atoms with Crippen LogP contribution in [0.2, 0.25) is 0 Å². The molecule has 0 saturated carbocycles. The highest BCUT2D eigenvalue weighted by molar-refractivity contribution is 6.11. The number of pyridine rings is 1. The Morgan fingerprint density at radius 3 is 2.71 bits per heavy atom. The third-order valence-electron chi connectivity index (χ3n) is 4.87. The summed E-state index contributed by atoms with van der Waals surface area (Å²) in [6.07, 6.45) is 0.899. The minimum atomic E-state index is -0.867. The van der Waals surface area contributed by atoms with Gasteiger partial charge >= 0.3 is 5.97 Å². The van der Waals surface area contributed by atoms with Gasteiger partial charge in [0.15, 0.2) is 6.10 Å². The van der Waals surface area contributed by atoms with Crippen molar-refractivity contribution in [3.05, 3.63) is 77.6 Å². The minimum absolute atomic E-state index is 0.0683. The number of H-pyrrole nitrogens is 1. The van der Waals surface area contributed by atoms with Crippen molar-refractivity contribution < 1.29 is 14.3 Å². The van der Waals surface area contributed by atoms with Crippen LogP contribution in [0.15, 0.2) is 60.8 Å². The SMILES string of the molecule is Cc1[nH]c2ccccc2c1C(=O)C(C)OC(=O)Cc1cccc2cccnc12. The number of aromatic amines is 1. The van der Waals surface area contributed by atoms with Crippen LogP contribution in [-0.2, 0) is 16.0 Å². The molecular formula is C23H20N2O3. The number of aryl methyl sites for hydroxylation is 1. The molecule has 28 heavy (non-hydrogen) atoms. The van der Waals surface area contributed by atoms with Gasteiger partial charge in [-0.1, -0.05) is 42.5 Å². The number of hydrogen-bond donors (Lipinski definition) is 1. The molecule has 140 valence electrons. The maximum absolute atomic E-state index is 12.9. The van der Waals surface area contributed by atoms with Crippen LogP contribution >= 0.6 is 0 Å². The lowest BCUT2D eigenvalue weighted by Gasteiger charge is -2.13. The molecule has 0 fully saturated rings. The summed E-state index contributed by atoms with van der Waals surface area (Å²) in [6.45, 7) is 3.46. The smallest absolute Gasteiger partial charge is 0.311 e. The summed E-state index contributed by atoms with van der Waals surface area (Å²) >= 11 is 0. The molecule has 2 aromatic carbocycles. The Morgan fingerprint density at radius 2 is 1.86 bits per heavy atom. The van der Waals surface area contributed by atoms with Crippen molar-refractivity contribution in [3.63, 3.8) is 0 Å². The van der Waals surface area contributed by atoms with E-state index in [1.54, 1.807) is 13.1 Å². The highest BCUT2D eigenvalue weighted by Gasteiger charge is 2.24. The van der Waals surface area contributed by atoms with E-state index in [1.165, 1.54) is 0 Å². The quantitative estimate of drug-likeness (QED) is 0.417. The van der Waals surface area contributed by atoms with Crippen molar-refractivity contribution in [2.24, 2.45) is 0 Å². The van der Waals surface area contributed by atoms with E-state index in [-0.39, 0.29) is 12.2 Å². The van der Waals surface area contributed by atoms with Gasteiger partial charge in [0.1, 0.15) is 0 Å². The molecular weight excluding hydrogens is 352 g/mol. The maximum Gasteiger partial charge on any atom is 0.311 e. The van der Waals surface area contributed by atoms with Crippen LogP contribution < -0.4 is 0 Å². The number of ether oxygens (including phenoxy) is 1. The number of fused-ring (bicyclic) bond motifs is 2. The van der Waals surface area contributed by atoms with Crippen LogP contribution in [0.1, 0.15) is 28.5 Å². The molecule has 2 aromatic heterocycles. The molecule has 5 nitrogen and oxygen atoms in total. The molecule has 0 saturated heterocycles. The van der Waals surface area contributed by atoms with Crippen LogP contribution in [-0.4, -0.2) is 27.8 Å². The third kappa shape index (κ3) is 3.27. The summed E-state index contributed by atoms with van der Waals surface area (Å²) in [5.74, 6) is -0.657. The van der Waals surface area contributed by atoms with Crippen LogP contribution in [0.4, 0.5) is 0 Å². The minimum Gasteiger partial charge on any atom is -0.454 e. The standard InChI is InChI=1S/C23H20N2O3/c1-14-21(18-10-3-4-11-19(18)25-14)23(27)15(2)28-20(26)13-17-8-5-7-16-9-6-12-24-22(16)17/h3-12,15,25H,13H2,1-2H3. The number of aromatic nitrogens is 2. The zero-order valence-corrected chi connectivity index (χ0v) is 15.7. The van der Waals surface area contributed by atoms with Gasteiger partial charge in [0.05, 0.1) is 11.9 Å². The van der Waals surface area contributed by atoms with Crippen LogP contribution in [0, 0.1) is 6.92 Å². The predicted octanol–water partition coefficient (Wildman–Crippen LogP) is 4.38. The lowest BCUT2D eigenvalue weighted by Crippen LogP contribution is -2.25.